The maximum Gasteiger partial charge on any atom is 0.215 e. The molecule has 0 saturated heterocycles. The zero-order chi connectivity index (χ0) is 11.6. The highest BCUT2D eigenvalue weighted by Crippen LogP contribution is 2.18. The van der Waals surface area contributed by atoms with Crippen molar-refractivity contribution >= 4 is 20.8 Å². The van der Waals surface area contributed by atoms with E-state index in [0.717, 1.165) is 10.8 Å². The van der Waals surface area contributed by atoms with E-state index < -0.39 is 10.0 Å². The van der Waals surface area contributed by atoms with Crippen LogP contribution in [-0.4, -0.2) is 20.4 Å². The Morgan fingerprint density at radius 1 is 1.25 bits per heavy atom. The van der Waals surface area contributed by atoms with Crippen molar-refractivity contribution in [1.82, 2.24) is 9.71 Å². The van der Waals surface area contributed by atoms with Gasteiger partial charge in [0, 0.05) is 17.8 Å². The number of nitrogens with one attached hydrogen (secondary N) is 1. The fourth-order valence-corrected chi connectivity index (χ4v) is 2.35. The number of nitrogens with zero attached hydrogens (tertiary/aromatic N) is 1. The Morgan fingerprint density at radius 2 is 2.00 bits per heavy atom. The van der Waals surface area contributed by atoms with Crippen molar-refractivity contribution in [2.24, 2.45) is 0 Å². The molecule has 5 heteroatoms. The SMILES string of the molecule is CNS(=O)(=O)Cc1cncc2ccccc12. The fourth-order valence-electron chi connectivity index (χ4n) is 1.57. The van der Waals surface area contributed by atoms with E-state index in [1.807, 2.05) is 24.3 Å². The average molecular weight is 236 g/mol. The molecule has 0 aliphatic carbocycles. The van der Waals surface area contributed by atoms with Gasteiger partial charge < -0.3 is 0 Å². The predicted octanol–water partition coefficient (Wildman–Crippen LogP) is 1.28. The monoisotopic (exact) mass is 236 g/mol. The van der Waals surface area contributed by atoms with Gasteiger partial charge in [-0.1, -0.05) is 24.3 Å². The smallest absolute Gasteiger partial charge is 0.215 e. The van der Waals surface area contributed by atoms with Crippen molar-refractivity contribution in [2.75, 3.05) is 7.05 Å². The molecule has 1 N–H and O–H groups in total. The largest absolute Gasteiger partial charge is 0.264 e. The Morgan fingerprint density at radius 3 is 2.75 bits per heavy atom. The Kier molecular flexibility index (Phi) is 2.89. The van der Waals surface area contributed by atoms with E-state index in [9.17, 15) is 8.42 Å². The molecule has 0 saturated carbocycles. The number of sulfonamides is 1. The minimum atomic E-state index is -3.25. The van der Waals surface area contributed by atoms with Crippen LogP contribution in [0.5, 0.6) is 0 Å². The van der Waals surface area contributed by atoms with Gasteiger partial charge in [0.2, 0.25) is 10.0 Å². The molecule has 0 bridgehead atoms. The molecule has 2 rings (SSSR count). The van der Waals surface area contributed by atoms with E-state index in [2.05, 4.69) is 9.71 Å². The van der Waals surface area contributed by atoms with Crippen LogP contribution in [0, 0.1) is 0 Å². The summed E-state index contributed by atoms with van der Waals surface area (Å²) < 4.78 is 25.2. The molecule has 84 valence electrons. The second kappa shape index (κ2) is 4.19. The van der Waals surface area contributed by atoms with Gasteiger partial charge >= 0.3 is 0 Å². The summed E-state index contributed by atoms with van der Waals surface area (Å²) in [6.45, 7) is 0. The van der Waals surface area contributed by atoms with E-state index in [1.54, 1.807) is 12.4 Å². The molecule has 1 aromatic heterocycles. The summed E-state index contributed by atoms with van der Waals surface area (Å²) in [6.07, 6.45) is 3.32. The quantitative estimate of drug-likeness (QED) is 0.873. The maximum atomic E-state index is 11.5. The minimum Gasteiger partial charge on any atom is -0.264 e. The number of pyridine rings is 1. The van der Waals surface area contributed by atoms with Crippen molar-refractivity contribution in [1.29, 1.82) is 0 Å². The highest BCUT2D eigenvalue weighted by molar-refractivity contribution is 7.88. The van der Waals surface area contributed by atoms with Crippen molar-refractivity contribution in [3.63, 3.8) is 0 Å². The van der Waals surface area contributed by atoms with Crippen LogP contribution in [0.25, 0.3) is 10.8 Å². The molecule has 0 atom stereocenters. The summed E-state index contributed by atoms with van der Waals surface area (Å²) in [5.41, 5.74) is 0.715. The van der Waals surface area contributed by atoms with Crippen LogP contribution in [0.2, 0.25) is 0 Å². The Labute approximate surface area is 94.4 Å². The van der Waals surface area contributed by atoms with Gasteiger partial charge in [0.1, 0.15) is 0 Å². The number of fused-ring (bicyclic) bond motifs is 1. The lowest BCUT2D eigenvalue weighted by Gasteiger charge is -2.05. The van der Waals surface area contributed by atoms with Crippen LogP contribution in [0.15, 0.2) is 36.7 Å². The molecule has 1 aromatic carbocycles. The third-order valence-corrected chi connectivity index (χ3v) is 3.72. The lowest BCUT2D eigenvalue weighted by Crippen LogP contribution is -2.20. The second-order valence-electron chi connectivity index (χ2n) is 3.48. The minimum absolute atomic E-state index is 0.0438. The molecule has 2 aromatic rings. The van der Waals surface area contributed by atoms with Gasteiger partial charge in [0.25, 0.3) is 0 Å². The highest BCUT2D eigenvalue weighted by Gasteiger charge is 2.11. The van der Waals surface area contributed by atoms with Crippen molar-refractivity contribution < 1.29 is 8.42 Å². The molecular formula is C11H12N2O2S. The van der Waals surface area contributed by atoms with Crippen LogP contribution in [0.3, 0.4) is 0 Å². The van der Waals surface area contributed by atoms with Crippen molar-refractivity contribution in [2.45, 2.75) is 5.75 Å². The number of hydrogen-bond donors (Lipinski definition) is 1. The first-order chi connectivity index (χ1) is 7.62. The van der Waals surface area contributed by atoms with Gasteiger partial charge in [-0.2, -0.15) is 0 Å². The summed E-state index contributed by atoms with van der Waals surface area (Å²) in [5.74, 6) is -0.0438. The van der Waals surface area contributed by atoms with E-state index in [-0.39, 0.29) is 5.75 Å². The molecule has 4 nitrogen and oxygen atoms in total. The topological polar surface area (TPSA) is 59.1 Å². The maximum absolute atomic E-state index is 11.5. The first kappa shape index (κ1) is 11.0. The number of aromatic nitrogens is 1. The summed E-state index contributed by atoms with van der Waals surface area (Å²) in [5, 5.41) is 1.88. The predicted molar refractivity (Wildman–Crippen MR) is 63.4 cm³/mol. The summed E-state index contributed by atoms with van der Waals surface area (Å²) in [6, 6.07) is 7.60. The molecule has 0 aliphatic rings. The van der Waals surface area contributed by atoms with E-state index in [1.165, 1.54) is 7.05 Å². The summed E-state index contributed by atoms with van der Waals surface area (Å²) >= 11 is 0. The number of rotatable bonds is 3. The molecule has 0 fully saturated rings. The lowest BCUT2D eigenvalue weighted by molar-refractivity contribution is 0.587. The first-order valence-corrected chi connectivity index (χ1v) is 6.50. The van der Waals surface area contributed by atoms with Gasteiger partial charge in [-0.3, -0.25) is 4.98 Å². The van der Waals surface area contributed by atoms with Crippen LogP contribution in [-0.2, 0) is 15.8 Å². The van der Waals surface area contributed by atoms with Gasteiger partial charge in [0.15, 0.2) is 0 Å². The third-order valence-electron chi connectivity index (χ3n) is 2.41. The van der Waals surface area contributed by atoms with Crippen LogP contribution < -0.4 is 4.72 Å². The molecule has 1 heterocycles. The molecule has 0 amide bonds. The number of hydrogen-bond acceptors (Lipinski definition) is 3. The Balaban J connectivity index is 2.53. The fraction of sp³-hybridized carbons (Fsp3) is 0.182. The van der Waals surface area contributed by atoms with Gasteiger partial charge in [-0.15, -0.1) is 0 Å². The lowest BCUT2D eigenvalue weighted by atomic mass is 10.1. The van der Waals surface area contributed by atoms with Crippen molar-refractivity contribution in [3.8, 4) is 0 Å². The molecule has 16 heavy (non-hydrogen) atoms. The van der Waals surface area contributed by atoms with Gasteiger partial charge in [-0.25, -0.2) is 13.1 Å². The zero-order valence-electron chi connectivity index (χ0n) is 8.84. The van der Waals surface area contributed by atoms with Crippen molar-refractivity contribution in [3.05, 3.63) is 42.2 Å². The van der Waals surface area contributed by atoms with E-state index in [0.29, 0.717) is 5.56 Å². The van der Waals surface area contributed by atoms with Gasteiger partial charge in [0.05, 0.1) is 5.75 Å². The normalized spacial score (nSPS) is 11.8. The van der Waals surface area contributed by atoms with E-state index >= 15 is 0 Å². The Hall–Kier alpha value is -1.46. The Bertz CT molecular complexity index is 603. The second-order valence-corrected chi connectivity index (χ2v) is 5.41. The molecule has 0 aliphatic heterocycles. The summed E-state index contributed by atoms with van der Waals surface area (Å²) in [4.78, 5) is 4.04. The van der Waals surface area contributed by atoms with Crippen LogP contribution in [0.4, 0.5) is 0 Å². The molecule has 0 spiro atoms. The molecular weight excluding hydrogens is 224 g/mol. The zero-order valence-corrected chi connectivity index (χ0v) is 9.66. The standard InChI is InChI=1S/C11H12N2O2S/c1-12-16(14,15)8-10-7-13-6-9-4-2-3-5-11(9)10/h2-7,12H,8H2,1H3. The molecule has 0 radical (unpaired) electrons. The van der Waals surface area contributed by atoms with Crippen LogP contribution in [0.1, 0.15) is 5.56 Å². The van der Waals surface area contributed by atoms with Gasteiger partial charge in [-0.05, 0) is 18.0 Å². The van der Waals surface area contributed by atoms with Crippen LogP contribution >= 0.6 is 0 Å². The third kappa shape index (κ3) is 2.20. The molecule has 0 unspecified atom stereocenters. The highest BCUT2D eigenvalue weighted by atomic mass is 32.2. The van der Waals surface area contributed by atoms with E-state index in [4.69, 9.17) is 0 Å². The average Bonchev–Trinajstić information content (AvgIpc) is 2.29. The summed E-state index contributed by atoms with van der Waals surface area (Å²) in [7, 11) is -1.84. The first-order valence-electron chi connectivity index (χ1n) is 4.85. The number of benzene rings is 1.